The van der Waals surface area contributed by atoms with Gasteiger partial charge in [-0.15, -0.1) is 11.3 Å². The zero-order valence-electron chi connectivity index (χ0n) is 15.2. The fourth-order valence-corrected chi connectivity index (χ4v) is 7.13. The fraction of sp³-hybridized carbons (Fsp3) is 0.300. The first kappa shape index (κ1) is 19.4. The number of carbonyl (C=O) groups is 1. The van der Waals surface area contributed by atoms with Crippen molar-refractivity contribution in [2.45, 2.75) is 16.0 Å². The minimum Gasteiger partial charge on any atom is -0.341 e. The summed E-state index contributed by atoms with van der Waals surface area (Å²) in [5.41, 5.74) is 1.75. The molecule has 2 aromatic carbocycles. The van der Waals surface area contributed by atoms with Crippen molar-refractivity contribution < 1.29 is 13.2 Å². The zero-order valence-corrected chi connectivity index (χ0v) is 17.6. The van der Waals surface area contributed by atoms with Crippen molar-refractivity contribution in [3.8, 4) is 0 Å². The smallest absolute Gasteiger partial charge is 0.233 e. The van der Waals surface area contributed by atoms with Crippen molar-refractivity contribution >= 4 is 49.1 Å². The van der Waals surface area contributed by atoms with Gasteiger partial charge in [-0.25, -0.2) is 13.4 Å². The van der Waals surface area contributed by atoms with Crippen molar-refractivity contribution in [2.75, 3.05) is 24.6 Å². The molecule has 1 unspecified atom stereocenters. The highest BCUT2D eigenvalue weighted by Crippen LogP contribution is 2.31. The predicted octanol–water partition coefficient (Wildman–Crippen LogP) is 3.78. The average molecular weight is 433 g/mol. The lowest BCUT2D eigenvalue weighted by atomic mass is 10.1. The van der Waals surface area contributed by atoms with Crippen LogP contribution in [0, 0.1) is 0 Å². The van der Waals surface area contributed by atoms with Crippen molar-refractivity contribution in [3.05, 3.63) is 60.2 Å². The molecule has 0 saturated carbocycles. The van der Waals surface area contributed by atoms with Gasteiger partial charge >= 0.3 is 0 Å². The maximum absolute atomic E-state index is 12.7. The third kappa shape index (κ3) is 4.24. The molecule has 0 radical (unpaired) electrons. The van der Waals surface area contributed by atoms with Crippen LogP contribution in [0.2, 0.25) is 0 Å². The van der Waals surface area contributed by atoms with Gasteiger partial charge in [-0.3, -0.25) is 4.79 Å². The van der Waals surface area contributed by atoms with E-state index in [1.807, 2.05) is 54.6 Å². The van der Waals surface area contributed by atoms with Crippen LogP contribution < -0.4 is 0 Å². The van der Waals surface area contributed by atoms with Crippen LogP contribution >= 0.6 is 23.1 Å². The largest absolute Gasteiger partial charge is 0.341 e. The molecule has 28 heavy (non-hydrogen) atoms. The van der Waals surface area contributed by atoms with E-state index in [-0.39, 0.29) is 24.0 Å². The van der Waals surface area contributed by atoms with Crippen LogP contribution in [0.3, 0.4) is 0 Å². The van der Waals surface area contributed by atoms with Gasteiger partial charge in [-0.05, 0) is 24.1 Å². The van der Waals surface area contributed by atoms with Gasteiger partial charge in [0.2, 0.25) is 5.91 Å². The molecule has 0 aliphatic carbocycles. The topological polar surface area (TPSA) is 67.3 Å². The van der Waals surface area contributed by atoms with Gasteiger partial charge in [-0.2, -0.15) is 0 Å². The summed E-state index contributed by atoms with van der Waals surface area (Å²) in [6.07, 6.45) is 0.434. The number of hydrogen-bond donors (Lipinski definition) is 0. The summed E-state index contributed by atoms with van der Waals surface area (Å²) in [4.78, 5) is 18.9. The Morgan fingerprint density at radius 3 is 2.64 bits per heavy atom. The van der Waals surface area contributed by atoms with E-state index in [2.05, 4.69) is 4.98 Å². The Morgan fingerprint density at radius 1 is 1.11 bits per heavy atom. The number of amides is 1. The number of para-hydroxylation sites is 1. The van der Waals surface area contributed by atoms with E-state index in [9.17, 15) is 13.2 Å². The summed E-state index contributed by atoms with van der Waals surface area (Å²) in [7, 11) is -3.27. The number of nitrogens with zero attached hydrogens (tertiary/aromatic N) is 2. The van der Waals surface area contributed by atoms with Gasteiger partial charge in [-0.1, -0.05) is 54.2 Å². The second-order valence-corrected chi connectivity index (χ2v) is 11.2. The van der Waals surface area contributed by atoms with Crippen LogP contribution in [0.4, 0.5) is 0 Å². The Hall–Kier alpha value is -1.90. The summed E-state index contributed by atoms with van der Waals surface area (Å²) in [6, 6.07) is 17.2. The van der Waals surface area contributed by atoms with Crippen molar-refractivity contribution in [1.29, 1.82) is 0 Å². The summed E-state index contributed by atoms with van der Waals surface area (Å²) in [5.74, 6) is 0.244. The molecule has 4 rings (SSSR count). The number of thioether (sulfide) groups is 1. The van der Waals surface area contributed by atoms with Crippen LogP contribution in [0.15, 0.2) is 58.9 Å². The second-order valence-electron chi connectivity index (χ2n) is 6.67. The highest BCUT2D eigenvalue weighted by molar-refractivity contribution is 8.01. The Morgan fingerprint density at radius 2 is 1.86 bits per heavy atom. The van der Waals surface area contributed by atoms with Crippen molar-refractivity contribution in [2.24, 2.45) is 0 Å². The molecule has 2 heterocycles. The van der Waals surface area contributed by atoms with E-state index in [4.69, 9.17) is 0 Å². The minimum atomic E-state index is -3.27. The second kappa shape index (κ2) is 8.23. The van der Waals surface area contributed by atoms with E-state index >= 15 is 0 Å². The summed E-state index contributed by atoms with van der Waals surface area (Å²) < 4.78 is 27.4. The third-order valence-corrected chi connectivity index (χ3v) is 9.15. The zero-order chi connectivity index (χ0) is 19.6. The number of rotatable bonds is 4. The molecule has 1 aliphatic rings. The van der Waals surface area contributed by atoms with Crippen LogP contribution in [0.25, 0.3) is 10.2 Å². The molecular weight excluding hydrogens is 412 g/mol. The molecule has 0 N–H and O–H groups in total. The van der Waals surface area contributed by atoms with Crippen molar-refractivity contribution in [1.82, 2.24) is 9.88 Å². The van der Waals surface area contributed by atoms with Crippen LogP contribution in [-0.2, 0) is 14.6 Å². The maximum atomic E-state index is 12.7. The van der Waals surface area contributed by atoms with Crippen LogP contribution in [0.5, 0.6) is 0 Å². The molecule has 3 aromatic rings. The molecule has 1 atom stereocenters. The number of thiazole rings is 1. The lowest BCUT2D eigenvalue weighted by Crippen LogP contribution is -2.34. The number of carbonyl (C=O) groups excluding carboxylic acids is 1. The molecular formula is C20H20N2O3S3. The van der Waals surface area contributed by atoms with Gasteiger partial charge in [0.1, 0.15) is 0 Å². The molecule has 1 saturated heterocycles. The van der Waals surface area contributed by atoms with Gasteiger partial charge in [0.05, 0.1) is 27.0 Å². The number of sulfone groups is 1. The predicted molar refractivity (Wildman–Crippen MR) is 115 cm³/mol. The molecule has 1 aromatic heterocycles. The molecule has 146 valence electrons. The van der Waals surface area contributed by atoms with Gasteiger partial charge in [0.25, 0.3) is 0 Å². The maximum Gasteiger partial charge on any atom is 0.233 e. The van der Waals surface area contributed by atoms with E-state index in [1.54, 1.807) is 16.2 Å². The SMILES string of the molecule is O=C(CSc1nc2ccccc2s1)N1CCC(c2ccccc2)S(=O)(=O)CC1. The average Bonchev–Trinajstić information content (AvgIpc) is 3.04. The number of fused-ring (bicyclic) bond motifs is 1. The highest BCUT2D eigenvalue weighted by atomic mass is 32.2. The lowest BCUT2D eigenvalue weighted by molar-refractivity contribution is -0.128. The fourth-order valence-electron chi connectivity index (χ4n) is 3.36. The minimum absolute atomic E-state index is 0.00407. The number of benzene rings is 2. The first-order chi connectivity index (χ1) is 13.5. The van der Waals surface area contributed by atoms with Crippen LogP contribution in [-0.4, -0.2) is 48.8 Å². The first-order valence-corrected chi connectivity index (χ1v) is 12.6. The van der Waals surface area contributed by atoms with Crippen LogP contribution in [0.1, 0.15) is 17.2 Å². The molecule has 1 fully saturated rings. The van der Waals surface area contributed by atoms with E-state index in [0.717, 1.165) is 20.1 Å². The monoisotopic (exact) mass is 432 g/mol. The Bertz CT molecular complexity index is 1050. The van der Waals surface area contributed by atoms with Gasteiger partial charge in [0, 0.05) is 13.1 Å². The number of aromatic nitrogens is 1. The van der Waals surface area contributed by atoms with E-state index in [0.29, 0.717) is 13.0 Å². The normalized spacial score (nSPS) is 19.4. The van der Waals surface area contributed by atoms with E-state index in [1.165, 1.54) is 11.8 Å². The quantitative estimate of drug-likeness (QED) is 0.587. The Kier molecular flexibility index (Phi) is 5.70. The molecule has 0 bridgehead atoms. The van der Waals surface area contributed by atoms with Crippen molar-refractivity contribution in [3.63, 3.8) is 0 Å². The standard InChI is InChI=1S/C20H20N2O3S3/c23-19(14-26-20-21-16-8-4-5-9-17(16)27-20)22-11-10-18(28(24,25)13-12-22)15-6-2-1-3-7-15/h1-9,18H,10-14H2. The van der Waals surface area contributed by atoms with E-state index < -0.39 is 15.1 Å². The molecule has 8 heteroatoms. The molecule has 1 aliphatic heterocycles. The first-order valence-electron chi connectivity index (χ1n) is 9.05. The molecule has 5 nitrogen and oxygen atoms in total. The summed E-state index contributed by atoms with van der Waals surface area (Å²) in [5, 5.41) is -0.539. The molecule has 1 amide bonds. The Labute approximate surface area is 172 Å². The molecule has 0 spiro atoms. The Balaban J connectivity index is 1.41. The number of hydrogen-bond acceptors (Lipinski definition) is 6. The summed E-state index contributed by atoms with van der Waals surface area (Å²) in [6.45, 7) is 0.711. The third-order valence-electron chi connectivity index (χ3n) is 4.86. The van der Waals surface area contributed by atoms with Gasteiger partial charge in [0.15, 0.2) is 14.2 Å². The van der Waals surface area contributed by atoms with Gasteiger partial charge < -0.3 is 4.90 Å². The highest BCUT2D eigenvalue weighted by Gasteiger charge is 2.32. The summed E-state index contributed by atoms with van der Waals surface area (Å²) >= 11 is 2.99. The lowest BCUT2D eigenvalue weighted by Gasteiger charge is -2.19.